The van der Waals surface area contributed by atoms with E-state index >= 15 is 0 Å². The van der Waals surface area contributed by atoms with Crippen LogP contribution in [-0.2, 0) is 9.59 Å². The minimum absolute atomic E-state index is 0.0785. The van der Waals surface area contributed by atoms with E-state index in [2.05, 4.69) is 10.6 Å². The largest absolute Gasteiger partial charge is 0.481 e. The first-order chi connectivity index (χ1) is 10.6. The highest BCUT2D eigenvalue weighted by atomic mass is 16.4. The van der Waals surface area contributed by atoms with Gasteiger partial charge in [0.05, 0.1) is 12.5 Å². The van der Waals surface area contributed by atoms with E-state index in [4.69, 9.17) is 5.11 Å². The number of hydrogen-bond acceptors (Lipinski definition) is 3. The van der Waals surface area contributed by atoms with Crippen molar-refractivity contribution < 1.29 is 19.5 Å². The predicted molar refractivity (Wildman–Crippen MR) is 80.3 cm³/mol. The molecule has 124 valence electrons. The van der Waals surface area contributed by atoms with Gasteiger partial charge in [-0.15, -0.1) is 0 Å². The van der Waals surface area contributed by atoms with Gasteiger partial charge in [0.15, 0.2) is 0 Å². The number of carbonyl (C=O) groups is 3. The minimum atomic E-state index is -0.861. The number of nitrogens with zero attached hydrogens (tertiary/aromatic N) is 1. The summed E-state index contributed by atoms with van der Waals surface area (Å²) in [6.45, 7) is 0.722. The molecule has 0 aromatic carbocycles. The van der Waals surface area contributed by atoms with Crippen LogP contribution < -0.4 is 10.6 Å². The van der Waals surface area contributed by atoms with Crippen molar-refractivity contribution in [1.82, 2.24) is 15.5 Å². The number of carboxylic acid groups (broad SMARTS) is 1. The smallest absolute Gasteiger partial charge is 0.315 e. The molecule has 3 amide bonds. The van der Waals surface area contributed by atoms with Gasteiger partial charge in [-0.2, -0.15) is 0 Å². The van der Waals surface area contributed by atoms with E-state index in [0.29, 0.717) is 19.4 Å². The summed E-state index contributed by atoms with van der Waals surface area (Å²) in [5, 5.41) is 14.5. The van der Waals surface area contributed by atoms with Crippen LogP contribution in [0.4, 0.5) is 4.79 Å². The molecule has 1 aliphatic heterocycles. The monoisotopic (exact) mass is 311 g/mol. The quantitative estimate of drug-likeness (QED) is 0.719. The third-order valence-electron chi connectivity index (χ3n) is 4.46. The number of urea groups is 1. The Bertz CT molecular complexity index is 421. The van der Waals surface area contributed by atoms with Crippen LogP contribution in [0.3, 0.4) is 0 Å². The van der Waals surface area contributed by atoms with Crippen LogP contribution in [-0.4, -0.2) is 53.6 Å². The number of likely N-dealkylation sites (tertiary alicyclic amines) is 1. The van der Waals surface area contributed by atoms with E-state index in [1.807, 2.05) is 0 Å². The molecule has 0 spiro atoms. The fraction of sp³-hybridized carbons (Fsp3) is 0.800. The van der Waals surface area contributed by atoms with Crippen LogP contribution in [0.25, 0.3) is 0 Å². The first-order valence-electron chi connectivity index (χ1n) is 8.11. The highest BCUT2D eigenvalue weighted by Crippen LogP contribution is 2.17. The van der Waals surface area contributed by atoms with E-state index in [9.17, 15) is 14.4 Å². The molecule has 1 aliphatic carbocycles. The third-order valence-corrected chi connectivity index (χ3v) is 4.46. The van der Waals surface area contributed by atoms with E-state index in [1.165, 1.54) is 11.3 Å². The molecule has 0 aromatic rings. The number of aliphatic carboxylic acids is 1. The Morgan fingerprint density at radius 1 is 1.05 bits per heavy atom. The maximum absolute atomic E-state index is 12.1. The molecule has 2 rings (SSSR count). The Hall–Kier alpha value is -1.79. The maximum atomic E-state index is 12.1. The third kappa shape index (κ3) is 4.89. The molecule has 0 unspecified atom stereocenters. The number of piperidine rings is 1. The summed E-state index contributed by atoms with van der Waals surface area (Å²) >= 11 is 0. The van der Waals surface area contributed by atoms with Crippen LogP contribution in [0, 0.1) is 5.92 Å². The molecule has 1 saturated heterocycles. The van der Waals surface area contributed by atoms with Gasteiger partial charge in [0.25, 0.3) is 0 Å². The van der Waals surface area contributed by atoms with Gasteiger partial charge in [-0.1, -0.05) is 19.3 Å². The van der Waals surface area contributed by atoms with Gasteiger partial charge in [-0.05, 0) is 25.7 Å². The Balaban J connectivity index is 1.70. The maximum Gasteiger partial charge on any atom is 0.315 e. The zero-order valence-corrected chi connectivity index (χ0v) is 12.8. The van der Waals surface area contributed by atoms with Gasteiger partial charge in [0, 0.05) is 19.1 Å². The van der Waals surface area contributed by atoms with Crippen molar-refractivity contribution in [2.24, 2.45) is 5.92 Å². The van der Waals surface area contributed by atoms with Gasteiger partial charge in [-0.25, -0.2) is 4.79 Å². The SMILES string of the molecule is O=C(NCC(=O)N1CCC[C@H](C(=O)O)C1)NC1CCCCC1. The molecule has 22 heavy (non-hydrogen) atoms. The molecule has 1 atom stereocenters. The topological polar surface area (TPSA) is 98.7 Å². The number of hydrogen-bond donors (Lipinski definition) is 3. The lowest BCUT2D eigenvalue weighted by atomic mass is 9.96. The van der Waals surface area contributed by atoms with Crippen molar-refractivity contribution in [1.29, 1.82) is 0 Å². The second-order valence-electron chi connectivity index (χ2n) is 6.18. The Labute approximate surface area is 130 Å². The zero-order valence-electron chi connectivity index (χ0n) is 12.8. The van der Waals surface area contributed by atoms with Crippen LogP contribution in [0.2, 0.25) is 0 Å². The number of carboxylic acids is 1. The standard InChI is InChI=1S/C15H25N3O4/c19-13(18-8-4-5-11(10-18)14(20)21)9-16-15(22)17-12-6-2-1-3-7-12/h11-12H,1-10H2,(H,20,21)(H2,16,17,22)/t11-/m0/s1. The molecule has 0 radical (unpaired) electrons. The molecule has 0 aromatic heterocycles. The molecule has 2 aliphatic rings. The Morgan fingerprint density at radius 3 is 2.45 bits per heavy atom. The van der Waals surface area contributed by atoms with Gasteiger partial charge in [0.2, 0.25) is 5.91 Å². The number of nitrogens with one attached hydrogen (secondary N) is 2. The van der Waals surface area contributed by atoms with Crippen LogP contribution in [0.5, 0.6) is 0 Å². The Morgan fingerprint density at radius 2 is 1.77 bits per heavy atom. The van der Waals surface area contributed by atoms with Crippen molar-refractivity contribution >= 4 is 17.9 Å². The number of carbonyl (C=O) groups excluding carboxylic acids is 2. The summed E-state index contributed by atoms with van der Waals surface area (Å²) in [5.41, 5.74) is 0. The second-order valence-corrected chi connectivity index (χ2v) is 6.18. The molecule has 0 bridgehead atoms. The normalized spacial score (nSPS) is 22.9. The lowest BCUT2D eigenvalue weighted by Gasteiger charge is -2.31. The van der Waals surface area contributed by atoms with E-state index in [0.717, 1.165) is 25.7 Å². The molecule has 1 heterocycles. The first kappa shape index (κ1) is 16.6. The van der Waals surface area contributed by atoms with Crippen LogP contribution in [0.15, 0.2) is 0 Å². The zero-order chi connectivity index (χ0) is 15.9. The molecular formula is C15H25N3O4. The highest BCUT2D eigenvalue weighted by molar-refractivity contribution is 5.84. The van der Waals surface area contributed by atoms with Gasteiger partial charge in [-0.3, -0.25) is 9.59 Å². The molecule has 2 fully saturated rings. The van der Waals surface area contributed by atoms with Gasteiger partial charge in [0.1, 0.15) is 0 Å². The Kier molecular flexibility index (Phi) is 6.03. The lowest BCUT2D eigenvalue weighted by molar-refractivity contribution is -0.145. The van der Waals surface area contributed by atoms with E-state index in [1.54, 1.807) is 0 Å². The molecule has 7 heteroatoms. The minimum Gasteiger partial charge on any atom is -0.481 e. The van der Waals surface area contributed by atoms with E-state index < -0.39 is 11.9 Å². The number of rotatable bonds is 4. The van der Waals surface area contributed by atoms with Gasteiger partial charge < -0.3 is 20.6 Å². The van der Waals surface area contributed by atoms with Crippen molar-refractivity contribution in [3.63, 3.8) is 0 Å². The summed E-state index contributed by atoms with van der Waals surface area (Å²) in [6.07, 6.45) is 6.77. The predicted octanol–water partition coefficient (Wildman–Crippen LogP) is 0.941. The summed E-state index contributed by atoms with van der Waals surface area (Å²) in [4.78, 5) is 36.4. The lowest BCUT2D eigenvalue weighted by Crippen LogP contribution is -2.49. The summed E-state index contributed by atoms with van der Waals surface area (Å²) in [7, 11) is 0. The summed E-state index contributed by atoms with van der Waals surface area (Å²) in [6, 6.07) is -0.109. The molecular weight excluding hydrogens is 286 g/mol. The van der Waals surface area contributed by atoms with Crippen molar-refractivity contribution in [2.75, 3.05) is 19.6 Å². The van der Waals surface area contributed by atoms with Crippen molar-refractivity contribution in [3.8, 4) is 0 Å². The second kappa shape index (κ2) is 8.00. The van der Waals surface area contributed by atoms with Gasteiger partial charge >= 0.3 is 12.0 Å². The number of amides is 3. The molecule has 3 N–H and O–H groups in total. The fourth-order valence-corrected chi connectivity index (χ4v) is 3.16. The van der Waals surface area contributed by atoms with Crippen molar-refractivity contribution in [3.05, 3.63) is 0 Å². The van der Waals surface area contributed by atoms with E-state index in [-0.39, 0.29) is 31.1 Å². The average molecular weight is 311 g/mol. The fourth-order valence-electron chi connectivity index (χ4n) is 3.16. The van der Waals surface area contributed by atoms with Crippen molar-refractivity contribution in [2.45, 2.75) is 51.0 Å². The summed E-state index contributed by atoms with van der Waals surface area (Å²) < 4.78 is 0. The molecule has 7 nitrogen and oxygen atoms in total. The molecule has 1 saturated carbocycles. The average Bonchev–Trinajstić information content (AvgIpc) is 2.53. The van der Waals surface area contributed by atoms with Crippen LogP contribution >= 0.6 is 0 Å². The highest BCUT2D eigenvalue weighted by Gasteiger charge is 2.28. The summed E-state index contributed by atoms with van der Waals surface area (Å²) in [5.74, 6) is -1.57. The first-order valence-corrected chi connectivity index (χ1v) is 8.11. The van der Waals surface area contributed by atoms with Crippen LogP contribution in [0.1, 0.15) is 44.9 Å².